The molecule has 176 valence electrons. The number of halogens is 6. The average molecular weight is 474 g/mol. The molecular weight excluding hydrogens is 458 g/mol. The van der Waals surface area contributed by atoms with Crippen molar-refractivity contribution in [2.45, 2.75) is 19.0 Å². The number of carbonyl (C=O) groups is 1. The van der Waals surface area contributed by atoms with Gasteiger partial charge in [0, 0.05) is 17.3 Å². The number of alkyl halides is 6. The third kappa shape index (κ3) is 7.42. The molecule has 1 heterocycles. The lowest BCUT2D eigenvalue weighted by Crippen LogP contribution is -2.24. The van der Waals surface area contributed by atoms with Gasteiger partial charge < -0.3 is 20.4 Å². The van der Waals surface area contributed by atoms with Gasteiger partial charge in [0.2, 0.25) is 5.82 Å². The molecule has 0 aliphatic heterocycles. The molecule has 0 unspecified atom stereocenters. The summed E-state index contributed by atoms with van der Waals surface area (Å²) in [5.74, 6) is -2.03. The maximum absolute atomic E-state index is 12.3. The molecule has 0 bridgehead atoms. The van der Waals surface area contributed by atoms with Crippen molar-refractivity contribution < 1.29 is 40.8 Å². The lowest BCUT2D eigenvalue weighted by molar-refractivity contribution is -0.159. The quantitative estimate of drug-likeness (QED) is 0.377. The summed E-state index contributed by atoms with van der Waals surface area (Å²) in [4.78, 5) is 14.8. The van der Waals surface area contributed by atoms with Gasteiger partial charge in [-0.1, -0.05) is 29.4 Å². The van der Waals surface area contributed by atoms with E-state index < -0.39 is 29.7 Å². The van der Waals surface area contributed by atoms with Crippen molar-refractivity contribution in [2.24, 2.45) is 0 Å². The van der Waals surface area contributed by atoms with Crippen LogP contribution >= 0.6 is 0 Å². The summed E-state index contributed by atoms with van der Waals surface area (Å²) >= 11 is 0. The van der Waals surface area contributed by atoms with Crippen LogP contribution in [-0.4, -0.2) is 33.9 Å². The van der Waals surface area contributed by atoms with E-state index in [1.54, 1.807) is 0 Å². The molecule has 0 atom stereocenters. The number of aliphatic hydroxyl groups excluding tert-OH is 1. The molecule has 3 N–H and O–H groups in total. The molecule has 1 aromatic heterocycles. The van der Waals surface area contributed by atoms with Gasteiger partial charge in [0.1, 0.15) is 0 Å². The number of aliphatic hydroxyl groups is 1. The van der Waals surface area contributed by atoms with Crippen molar-refractivity contribution >= 4 is 12.1 Å². The van der Waals surface area contributed by atoms with Gasteiger partial charge in [0.15, 0.2) is 0 Å². The van der Waals surface area contributed by atoms with Crippen LogP contribution in [0.25, 0.3) is 11.4 Å². The van der Waals surface area contributed by atoms with Gasteiger partial charge in [-0.25, -0.2) is 0 Å². The van der Waals surface area contributed by atoms with Crippen LogP contribution in [-0.2, 0) is 19.0 Å². The molecule has 0 radical (unpaired) electrons. The number of carbonyl (C=O) groups excluding carboxylic acids is 1. The second kappa shape index (κ2) is 10.7. The zero-order chi connectivity index (χ0) is 24.6. The Labute approximate surface area is 182 Å². The van der Waals surface area contributed by atoms with Gasteiger partial charge in [0.25, 0.3) is 5.91 Å². The predicted octanol–water partition coefficient (Wildman–Crippen LogP) is 4.33. The summed E-state index contributed by atoms with van der Waals surface area (Å²) in [6.45, 7) is -0.274. The normalized spacial score (nSPS) is 11.4. The van der Waals surface area contributed by atoms with Gasteiger partial charge >= 0.3 is 18.2 Å². The minimum absolute atomic E-state index is 0.0976. The summed E-state index contributed by atoms with van der Waals surface area (Å²) < 4.78 is 77.2. The van der Waals surface area contributed by atoms with Crippen LogP contribution in [0.4, 0.5) is 26.3 Å². The lowest BCUT2D eigenvalue weighted by Gasteiger charge is -2.06. The molecule has 0 spiro atoms. The van der Waals surface area contributed by atoms with Crippen molar-refractivity contribution in [1.82, 2.24) is 15.5 Å². The van der Waals surface area contributed by atoms with E-state index in [4.69, 9.17) is 10.5 Å². The first-order valence-electron chi connectivity index (χ1n) is 9.01. The third-order valence-electron chi connectivity index (χ3n) is 3.88. The fourth-order valence-electron chi connectivity index (χ4n) is 2.32. The monoisotopic (exact) mass is 474 g/mol. The molecule has 0 saturated carbocycles. The number of hydrogen-bond acceptors (Lipinski definition) is 6. The second-order valence-corrected chi connectivity index (χ2v) is 6.27. The van der Waals surface area contributed by atoms with Crippen LogP contribution in [0.1, 0.15) is 27.4 Å². The maximum atomic E-state index is 12.3. The van der Waals surface area contributed by atoms with Crippen molar-refractivity contribution in [2.75, 3.05) is 6.54 Å². The van der Waals surface area contributed by atoms with Gasteiger partial charge in [-0.15, -0.1) is 0 Å². The van der Waals surface area contributed by atoms with Gasteiger partial charge in [-0.3, -0.25) is 4.79 Å². The van der Waals surface area contributed by atoms with Crippen LogP contribution in [0.15, 0.2) is 53.1 Å². The zero-order valence-electron chi connectivity index (χ0n) is 16.5. The molecule has 3 aromatic rings. The number of amides is 1. The Hall–Kier alpha value is -3.74. The molecule has 0 saturated heterocycles. The van der Waals surface area contributed by atoms with Crippen molar-refractivity contribution in [3.05, 3.63) is 71.1 Å². The highest BCUT2D eigenvalue weighted by molar-refractivity contribution is 5.95. The van der Waals surface area contributed by atoms with Crippen LogP contribution in [0.5, 0.6) is 0 Å². The van der Waals surface area contributed by atoms with E-state index >= 15 is 0 Å². The second-order valence-electron chi connectivity index (χ2n) is 6.27. The van der Waals surface area contributed by atoms with Crippen molar-refractivity contribution in [1.29, 1.82) is 5.41 Å². The van der Waals surface area contributed by atoms with E-state index in [1.807, 2.05) is 0 Å². The molecule has 1 amide bonds. The van der Waals surface area contributed by atoms with E-state index in [2.05, 4.69) is 20.0 Å². The van der Waals surface area contributed by atoms with E-state index in [0.717, 1.165) is 18.3 Å². The van der Waals surface area contributed by atoms with E-state index in [0.29, 0.717) is 5.56 Å². The maximum Gasteiger partial charge on any atom is 0.471 e. The number of benzene rings is 2. The standard InChI is InChI=1S/C12H9F3N4O2.C8H7F3O/c13-12(14,15)11-18-9(19-21-11)7-1-3-8(4-2-7)10(20)17-6-5-16;9-8(10,11)7-3-1-2-6(4-7)5-12/h1-5,16H,6H2,(H,17,20);1-4,12H,5H2. The Morgan fingerprint density at radius 2 is 1.73 bits per heavy atom. The summed E-state index contributed by atoms with van der Waals surface area (Å²) in [7, 11) is 0. The number of nitrogens with one attached hydrogen (secondary N) is 2. The number of hydrogen-bond donors (Lipinski definition) is 3. The zero-order valence-corrected chi connectivity index (χ0v) is 16.5. The smallest absolute Gasteiger partial charge is 0.392 e. The average Bonchev–Trinajstić information content (AvgIpc) is 3.28. The summed E-state index contributed by atoms with van der Waals surface area (Å²) in [6, 6.07) is 10.3. The van der Waals surface area contributed by atoms with E-state index in [-0.39, 0.29) is 30.1 Å². The molecule has 0 aliphatic rings. The van der Waals surface area contributed by atoms with Crippen LogP contribution in [0.2, 0.25) is 0 Å². The topological polar surface area (TPSA) is 112 Å². The Morgan fingerprint density at radius 1 is 1.06 bits per heavy atom. The molecule has 7 nitrogen and oxygen atoms in total. The number of nitrogens with zero attached hydrogens (tertiary/aromatic N) is 2. The molecule has 0 aliphatic carbocycles. The highest BCUT2D eigenvalue weighted by Crippen LogP contribution is 2.30. The van der Waals surface area contributed by atoms with Gasteiger partial charge in [-0.05, 0) is 29.8 Å². The first-order valence-corrected chi connectivity index (χ1v) is 9.01. The summed E-state index contributed by atoms with van der Waals surface area (Å²) in [6.07, 6.45) is -7.99. The molecule has 0 fully saturated rings. The van der Waals surface area contributed by atoms with Crippen LogP contribution in [0.3, 0.4) is 0 Å². The Kier molecular flexibility index (Phi) is 8.29. The first kappa shape index (κ1) is 25.5. The van der Waals surface area contributed by atoms with Gasteiger partial charge in [0.05, 0.1) is 18.7 Å². The first-order chi connectivity index (χ1) is 15.5. The van der Waals surface area contributed by atoms with E-state index in [9.17, 15) is 31.1 Å². The summed E-state index contributed by atoms with van der Waals surface area (Å²) in [5.41, 5.74) is 0.136. The Morgan fingerprint density at radius 3 is 2.24 bits per heavy atom. The van der Waals surface area contributed by atoms with E-state index in [1.165, 1.54) is 36.4 Å². The minimum atomic E-state index is -4.70. The Balaban J connectivity index is 0.000000273. The fraction of sp³-hybridized carbons (Fsp3) is 0.200. The summed E-state index contributed by atoms with van der Waals surface area (Å²) in [5, 5.41) is 21.1. The fourth-order valence-corrected chi connectivity index (χ4v) is 2.32. The lowest BCUT2D eigenvalue weighted by atomic mass is 10.1. The highest BCUT2D eigenvalue weighted by Gasteiger charge is 2.38. The molecular formula is C20H16F6N4O3. The Bertz CT molecular complexity index is 1080. The van der Waals surface area contributed by atoms with Crippen LogP contribution in [0, 0.1) is 5.41 Å². The molecule has 33 heavy (non-hydrogen) atoms. The molecule has 2 aromatic carbocycles. The van der Waals surface area contributed by atoms with Gasteiger partial charge in [-0.2, -0.15) is 31.3 Å². The third-order valence-corrected chi connectivity index (χ3v) is 3.88. The van der Waals surface area contributed by atoms with Crippen molar-refractivity contribution in [3.8, 4) is 11.4 Å². The number of rotatable bonds is 5. The largest absolute Gasteiger partial charge is 0.471 e. The number of aromatic nitrogens is 2. The molecule has 13 heteroatoms. The minimum Gasteiger partial charge on any atom is -0.392 e. The molecule has 3 rings (SSSR count). The highest BCUT2D eigenvalue weighted by atomic mass is 19.4. The SMILES string of the molecule is N=CCNC(=O)c1ccc(-c2noc(C(F)(F)F)n2)cc1.OCc1cccc(C(F)(F)F)c1. The van der Waals surface area contributed by atoms with Crippen molar-refractivity contribution in [3.63, 3.8) is 0 Å². The predicted molar refractivity (Wildman–Crippen MR) is 103 cm³/mol. The van der Waals surface area contributed by atoms with Crippen LogP contribution < -0.4 is 5.32 Å².